The Labute approximate surface area is 182 Å². The third kappa shape index (κ3) is 4.29. The highest BCUT2D eigenvalue weighted by Gasteiger charge is 2.10. The van der Waals surface area contributed by atoms with Crippen LogP contribution in [-0.4, -0.2) is 35.4 Å². The predicted octanol–water partition coefficient (Wildman–Crippen LogP) is 3.29. The number of thiazole rings is 1. The van der Waals surface area contributed by atoms with E-state index in [1.54, 1.807) is 20.3 Å². The number of methoxy groups -OCH3 is 2. The molecule has 0 fully saturated rings. The van der Waals surface area contributed by atoms with Crippen LogP contribution in [0.25, 0.3) is 23.2 Å². The van der Waals surface area contributed by atoms with Gasteiger partial charge in [-0.15, -0.1) is 5.10 Å². The fourth-order valence-corrected chi connectivity index (χ4v) is 3.98. The lowest BCUT2D eigenvalue weighted by molar-refractivity contribution is 0.339. The van der Waals surface area contributed by atoms with Crippen molar-refractivity contribution in [3.05, 3.63) is 74.3 Å². The quantitative estimate of drug-likeness (QED) is 0.444. The van der Waals surface area contributed by atoms with Crippen molar-refractivity contribution in [2.45, 2.75) is 6.92 Å². The predicted molar refractivity (Wildman–Crippen MR) is 122 cm³/mol. The fourth-order valence-electron chi connectivity index (χ4n) is 3.07. The first-order valence-corrected chi connectivity index (χ1v) is 10.5. The lowest BCUT2D eigenvalue weighted by atomic mass is 10.2. The van der Waals surface area contributed by atoms with E-state index >= 15 is 0 Å². The molecule has 4 rings (SSSR count). The molecule has 0 amide bonds. The van der Waals surface area contributed by atoms with E-state index in [1.807, 2.05) is 61.5 Å². The molecule has 0 unspecified atom stereocenters. The summed E-state index contributed by atoms with van der Waals surface area (Å²) in [4.78, 5) is 17.8. The molecule has 0 bridgehead atoms. The van der Waals surface area contributed by atoms with E-state index in [9.17, 15) is 4.79 Å². The lowest BCUT2D eigenvalue weighted by Gasteiger charge is -2.07. The molecule has 0 aliphatic heterocycles. The van der Waals surface area contributed by atoms with Crippen LogP contribution in [0.4, 0.5) is 0 Å². The molecule has 0 saturated carbocycles. The van der Waals surface area contributed by atoms with Gasteiger partial charge in [-0.25, -0.2) is 0 Å². The van der Waals surface area contributed by atoms with Gasteiger partial charge in [0, 0.05) is 5.56 Å². The van der Waals surface area contributed by atoms with Gasteiger partial charge in [0.2, 0.25) is 4.96 Å². The van der Waals surface area contributed by atoms with Crippen molar-refractivity contribution in [2.75, 3.05) is 20.8 Å². The number of para-hydroxylation sites is 1. The molecule has 7 nitrogen and oxygen atoms in total. The molecule has 0 saturated heterocycles. The number of aromatic nitrogens is 3. The number of hydrogen-bond acceptors (Lipinski definition) is 7. The summed E-state index contributed by atoms with van der Waals surface area (Å²) >= 11 is 1.29. The average Bonchev–Trinajstić information content (AvgIpc) is 3.32. The van der Waals surface area contributed by atoms with E-state index < -0.39 is 0 Å². The molecule has 0 radical (unpaired) electrons. The van der Waals surface area contributed by atoms with Crippen molar-refractivity contribution in [3.63, 3.8) is 0 Å². The lowest BCUT2D eigenvalue weighted by Crippen LogP contribution is -2.23. The Morgan fingerprint density at radius 3 is 2.58 bits per heavy atom. The van der Waals surface area contributed by atoms with Crippen molar-refractivity contribution in [3.8, 4) is 17.2 Å². The summed E-state index contributed by atoms with van der Waals surface area (Å²) in [6.45, 7) is 2.48. The van der Waals surface area contributed by atoms with Crippen molar-refractivity contribution in [2.24, 2.45) is 0 Å². The number of rotatable bonds is 7. The monoisotopic (exact) mass is 435 g/mol. The summed E-state index contributed by atoms with van der Waals surface area (Å²) in [6.07, 6.45) is 5.43. The molecule has 2 aromatic carbocycles. The summed E-state index contributed by atoms with van der Waals surface area (Å²) in [5, 5.41) is 4.33. The fraction of sp³-hybridized carbons (Fsp3) is 0.174. The van der Waals surface area contributed by atoms with Gasteiger partial charge in [-0.2, -0.15) is 9.50 Å². The summed E-state index contributed by atoms with van der Waals surface area (Å²) < 4.78 is 18.1. The van der Waals surface area contributed by atoms with Gasteiger partial charge < -0.3 is 14.2 Å². The van der Waals surface area contributed by atoms with E-state index in [0.29, 0.717) is 33.4 Å². The molecular weight excluding hydrogens is 414 g/mol. The van der Waals surface area contributed by atoms with Crippen molar-refractivity contribution < 1.29 is 14.2 Å². The van der Waals surface area contributed by atoms with Gasteiger partial charge in [0.15, 0.2) is 17.3 Å². The molecule has 0 N–H and O–H groups in total. The van der Waals surface area contributed by atoms with Crippen LogP contribution in [0, 0.1) is 0 Å². The van der Waals surface area contributed by atoms with Crippen LogP contribution < -0.4 is 24.3 Å². The van der Waals surface area contributed by atoms with Gasteiger partial charge in [0.1, 0.15) is 5.75 Å². The molecule has 4 aromatic rings. The molecule has 0 aliphatic carbocycles. The molecule has 0 aliphatic rings. The Hall–Kier alpha value is -3.65. The second kappa shape index (κ2) is 9.01. The van der Waals surface area contributed by atoms with E-state index in [-0.39, 0.29) is 5.56 Å². The van der Waals surface area contributed by atoms with Crippen LogP contribution in [-0.2, 0) is 0 Å². The number of nitrogens with zero attached hydrogens (tertiary/aromatic N) is 3. The smallest absolute Gasteiger partial charge is 0.291 e. The molecule has 31 heavy (non-hydrogen) atoms. The maximum atomic E-state index is 12.8. The van der Waals surface area contributed by atoms with Crippen LogP contribution in [0.5, 0.6) is 17.2 Å². The van der Waals surface area contributed by atoms with Gasteiger partial charge in [-0.1, -0.05) is 41.7 Å². The largest absolute Gasteiger partial charge is 0.493 e. The topological polar surface area (TPSA) is 74.9 Å². The van der Waals surface area contributed by atoms with E-state index in [1.165, 1.54) is 15.9 Å². The van der Waals surface area contributed by atoms with Gasteiger partial charge >= 0.3 is 0 Å². The normalized spacial score (nSPS) is 12.0. The zero-order chi connectivity index (χ0) is 21.8. The third-order valence-corrected chi connectivity index (χ3v) is 5.50. The number of hydrogen-bond donors (Lipinski definition) is 0. The van der Waals surface area contributed by atoms with Gasteiger partial charge in [0.25, 0.3) is 5.56 Å². The van der Waals surface area contributed by atoms with Crippen LogP contribution in [0.3, 0.4) is 0 Å². The molecule has 2 heterocycles. The number of ether oxygens (including phenoxy) is 3. The summed E-state index contributed by atoms with van der Waals surface area (Å²) in [6, 6.07) is 13.2. The second-order valence-electron chi connectivity index (χ2n) is 6.50. The van der Waals surface area contributed by atoms with Crippen molar-refractivity contribution in [1.82, 2.24) is 14.6 Å². The van der Waals surface area contributed by atoms with Gasteiger partial charge in [-0.3, -0.25) is 4.79 Å². The Balaban J connectivity index is 1.64. The second-order valence-corrected chi connectivity index (χ2v) is 7.51. The first-order chi connectivity index (χ1) is 15.1. The first kappa shape index (κ1) is 20.6. The molecular formula is C23H21N3O4S. The molecule has 158 valence electrons. The minimum absolute atomic E-state index is 0.204. The van der Waals surface area contributed by atoms with Crippen LogP contribution >= 0.6 is 11.3 Å². The zero-order valence-corrected chi connectivity index (χ0v) is 18.2. The highest BCUT2D eigenvalue weighted by Crippen LogP contribution is 2.28. The van der Waals surface area contributed by atoms with E-state index in [2.05, 4.69) is 10.1 Å². The third-order valence-electron chi connectivity index (χ3n) is 4.54. The van der Waals surface area contributed by atoms with Crippen molar-refractivity contribution in [1.29, 1.82) is 0 Å². The molecule has 8 heteroatoms. The Kier molecular flexibility index (Phi) is 5.99. The highest BCUT2D eigenvalue weighted by atomic mass is 32.1. The molecule has 2 aromatic heterocycles. The van der Waals surface area contributed by atoms with Crippen LogP contribution in [0.1, 0.15) is 23.9 Å². The van der Waals surface area contributed by atoms with Gasteiger partial charge in [0.05, 0.1) is 25.4 Å². The summed E-state index contributed by atoms with van der Waals surface area (Å²) in [7, 11) is 3.18. The number of benzene rings is 2. The molecule has 0 spiro atoms. The minimum atomic E-state index is -0.204. The first-order valence-electron chi connectivity index (χ1n) is 9.66. The average molecular weight is 436 g/mol. The minimum Gasteiger partial charge on any atom is -0.493 e. The van der Waals surface area contributed by atoms with Crippen LogP contribution in [0.2, 0.25) is 0 Å². The Bertz CT molecular complexity index is 1360. The summed E-state index contributed by atoms with van der Waals surface area (Å²) in [5.74, 6) is 2.49. The maximum absolute atomic E-state index is 12.8. The van der Waals surface area contributed by atoms with Crippen LogP contribution in [0.15, 0.2) is 47.3 Å². The maximum Gasteiger partial charge on any atom is 0.291 e. The van der Waals surface area contributed by atoms with Gasteiger partial charge in [-0.05, 0) is 42.8 Å². The Morgan fingerprint density at radius 2 is 1.84 bits per heavy atom. The van der Waals surface area contributed by atoms with E-state index in [4.69, 9.17) is 14.2 Å². The summed E-state index contributed by atoms with van der Waals surface area (Å²) in [5.41, 5.74) is 1.55. The number of fused-ring (bicyclic) bond motifs is 1. The van der Waals surface area contributed by atoms with E-state index in [0.717, 1.165) is 16.9 Å². The zero-order valence-electron chi connectivity index (χ0n) is 17.4. The molecule has 0 atom stereocenters. The Morgan fingerprint density at radius 1 is 1.03 bits per heavy atom. The SMILES string of the molecule is CCOc1ccccc1/C=c1\sc2nc(/C=C/c3ccc(OC)c(OC)c3)nn2c1=O. The highest BCUT2D eigenvalue weighted by molar-refractivity contribution is 7.15. The standard InChI is InChI=1S/C23H21N3O4S/c1-4-30-17-8-6-5-7-16(17)14-20-22(27)26-23(31-20)24-21(25-26)12-10-15-9-11-18(28-2)19(13-15)29-3/h5-14H,4H2,1-3H3/b12-10+,20-14-. The van der Waals surface area contributed by atoms with Crippen molar-refractivity contribution >= 4 is 34.5 Å².